The molecule has 0 bridgehead atoms. The molecule has 3 aliphatic rings. The number of likely N-dealkylation sites (N-methyl/N-ethyl adjacent to an activating group) is 1. The lowest BCUT2D eigenvalue weighted by molar-refractivity contribution is -0.138. The van der Waals surface area contributed by atoms with E-state index < -0.39 is 11.7 Å². The maximum Gasteiger partial charge on any atom is 0.419 e. The minimum absolute atomic E-state index is 0.0519. The van der Waals surface area contributed by atoms with Crippen LogP contribution in [0.2, 0.25) is 0 Å². The lowest BCUT2D eigenvalue weighted by atomic mass is 9.87. The van der Waals surface area contributed by atoms with Gasteiger partial charge >= 0.3 is 6.18 Å². The van der Waals surface area contributed by atoms with Gasteiger partial charge in [-0.2, -0.15) is 18.2 Å². The Morgan fingerprint density at radius 3 is 2.38 bits per heavy atom. The Hall–Kier alpha value is -3.18. The molecule has 170 valence electrons. The highest BCUT2D eigenvalue weighted by molar-refractivity contribution is 6.05. The first-order valence-electron chi connectivity index (χ1n) is 10.6. The topological polar surface area (TPSA) is 99.2 Å². The number of halogens is 3. The minimum Gasteiger partial charge on any atom is -0.351 e. The zero-order valence-corrected chi connectivity index (χ0v) is 17.6. The number of nitrogens with one attached hydrogen (secondary N) is 2. The summed E-state index contributed by atoms with van der Waals surface area (Å²) in [4.78, 5) is 33.2. The van der Waals surface area contributed by atoms with Gasteiger partial charge < -0.3 is 20.4 Å². The summed E-state index contributed by atoms with van der Waals surface area (Å²) >= 11 is 0. The van der Waals surface area contributed by atoms with Gasteiger partial charge in [0, 0.05) is 38.1 Å². The Kier molecular flexibility index (Phi) is 4.82. The summed E-state index contributed by atoms with van der Waals surface area (Å²) in [5, 5.41) is 6.41. The summed E-state index contributed by atoms with van der Waals surface area (Å²) in [5.41, 5.74) is 0.826. The summed E-state index contributed by atoms with van der Waals surface area (Å²) in [7, 11) is 1.87. The van der Waals surface area contributed by atoms with Gasteiger partial charge in [0.1, 0.15) is 11.7 Å². The van der Waals surface area contributed by atoms with E-state index in [2.05, 4.69) is 25.6 Å². The molecule has 5 rings (SSSR count). The van der Waals surface area contributed by atoms with Crippen molar-refractivity contribution in [3.63, 3.8) is 0 Å². The number of carbonyl (C=O) groups is 1. The number of amides is 1. The van der Waals surface area contributed by atoms with E-state index in [4.69, 9.17) is 4.98 Å². The first-order valence-corrected chi connectivity index (χ1v) is 10.6. The zero-order valence-electron chi connectivity index (χ0n) is 17.6. The molecule has 9 nitrogen and oxygen atoms in total. The maximum atomic E-state index is 12.6. The highest BCUT2D eigenvalue weighted by Crippen LogP contribution is 2.40. The van der Waals surface area contributed by atoms with Gasteiger partial charge in [-0.1, -0.05) is 0 Å². The molecule has 0 spiro atoms. The fourth-order valence-electron chi connectivity index (χ4n) is 4.33. The van der Waals surface area contributed by atoms with Gasteiger partial charge in [-0.3, -0.25) is 4.79 Å². The number of hydrogen-bond donors (Lipinski definition) is 2. The van der Waals surface area contributed by atoms with Crippen LogP contribution >= 0.6 is 0 Å². The number of aromatic nitrogens is 4. The molecule has 1 amide bonds. The van der Waals surface area contributed by atoms with Crippen LogP contribution in [0.3, 0.4) is 0 Å². The van der Waals surface area contributed by atoms with E-state index in [0.717, 1.165) is 55.3 Å². The first kappa shape index (κ1) is 20.7. The van der Waals surface area contributed by atoms with Gasteiger partial charge in [-0.05, 0) is 32.6 Å². The van der Waals surface area contributed by atoms with Crippen LogP contribution in [-0.2, 0) is 17.4 Å². The number of hydrogen-bond acceptors (Lipinski definition) is 8. The van der Waals surface area contributed by atoms with Gasteiger partial charge in [-0.25, -0.2) is 15.0 Å². The molecule has 0 saturated heterocycles. The van der Waals surface area contributed by atoms with Crippen molar-refractivity contribution in [3.8, 4) is 0 Å². The quantitative estimate of drug-likeness (QED) is 0.736. The highest BCUT2D eigenvalue weighted by atomic mass is 19.4. The monoisotopic (exact) mass is 448 g/mol. The van der Waals surface area contributed by atoms with Crippen molar-refractivity contribution in [1.82, 2.24) is 19.9 Å². The molecule has 1 atom stereocenters. The molecule has 4 heterocycles. The Morgan fingerprint density at radius 2 is 1.72 bits per heavy atom. The predicted octanol–water partition coefficient (Wildman–Crippen LogP) is 2.46. The third-order valence-corrected chi connectivity index (χ3v) is 6.33. The number of alkyl halides is 3. The largest absolute Gasteiger partial charge is 0.419 e. The molecule has 32 heavy (non-hydrogen) atoms. The van der Waals surface area contributed by atoms with Crippen LogP contribution in [0.25, 0.3) is 0 Å². The average Bonchev–Trinajstić information content (AvgIpc) is 2.74. The molecule has 12 heteroatoms. The lowest BCUT2D eigenvalue weighted by Crippen LogP contribution is -2.53. The van der Waals surface area contributed by atoms with Gasteiger partial charge in [0.2, 0.25) is 17.8 Å². The third-order valence-electron chi connectivity index (χ3n) is 6.33. The molecule has 2 aromatic rings. The maximum absolute atomic E-state index is 12.6. The molecular weight excluding hydrogens is 425 g/mol. The first-order chi connectivity index (χ1) is 15.2. The van der Waals surface area contributed by atoms with Crippen LogP contribution in [0.1, 0.15) is 37.4 Å². The van der Waals surface area contributed by atoms with Gasteiger partial charge in [0.15, 0.2) is 5.82 Å². The Bertz CT molecular complexity index is 1040. The van der Waals surface area contributed by atoms with E-state index in [1.54, 1.807) is 4.90 Å². The van der Waals surface area contributed by atoms with Crippen molar-refractivity contribution in [2.24, 2.45) is 0 Å². The second-order valence-electron chi connectivity index (χ2n) is 8.49. The van der Waals surface area contributed by atoms with Crippen LogP contribution in [0.5, 0.6) is 0 Å². The summed E-state index contributed by atoms with van der Waals surface area (Å²) < 4.78 is 37.9. The average molecular weight is 448 g/mol. The van der Waals surface area contributed by atoms with Crippen LogP contribution in [0.4, 0.5) is 36.6 Å². The van der Waals surface area contributed by atoms with Crippen molar-refractivity contribution in [2.45, 2.75) is 56.9 Å². The smallest absolute Gasteiger partial charge is 0.351 e. The van der Waals surface area contributed by atoms with Crippen LogP contribution in [0.15, 0.2) is 12.4 Å². The summed E-state index contributed by atoms with van der Waals surface area (Å²) in [5.74, 6) is 1.54. The Morgan fingerprint density at radius 1 is 1.06 bits per heavy atom. The molecule has 1 saturated carbocycles. The summed E-state index contributed by atoms with van der Waals surface area (Å²) in [6.45, 7) is 2.56. The second kappa shape index (κ2) is 7.45. The van der Waals surface area contributed by atoms with Crippen LogP contribution < -0.4 is 20.4 Å². The molecule has 1 aliphatic carbocycles. The van der Waals surface area contributed by atoms with Crippen LogP contribution in [0, 0.1) is 0 Å². The Balaban J connectivity index is 1.24. The van der Waals surface area contributed by atoms with Crippen LogP contribution in [-0.4, -0.2) is 57.6 Å². The lowest BCUT2D eigenvalue weighted by Gasteiger charge is -2.42. The Labute approximate surface area is 182 Å². The molecule has 0 unspecified atom stereocenters. The number of rotatable bonds is 4. The fraction of sp³-hybridized carbons (Fsp3) is 0.550. The molecule has 2 aromatic heterocycles. The summed E-state index contributed by atoms with van der Waals surface area (Å²) in [6.07, 6.45) is 0.241. The van der Waals surface area contributed by atoms with Crippen molar-refractivity contribution < 1.29 is 18.0 Å². The van der Waals surface area contributed by atoms with Gasteiger partial charge in [-0.15, -0.1) is 0 Å². The number of anilines is 4. The van der Waals surface area contributed by atoms with E-state index >= 15 is 0 Å². The normalized spacial score (nSPS) is 24.7. The van der Waals surface area contributed by atoms with Crippen molar-refractivity contribution >= 4 is 29.3 Å². The van der Waals surface area contributed by atoms with E-state index in [1.807, 2.05) is 18.9 Å². The predicted molar refractivity (Wildman–Crippen MR) is 112 cm³/mol. The molecule has 0 aromatic carbocycles. The second-order valence-corrected chi connectivity index (χ2v) is 8.49. The zero-order chi connectivity index (χ0) is 22.6. The van der Waals surface area contributed by atoms with Crippen molar-refractivity contribution in [1.29, 1.82) is 0 Å². The third kappa shape index (κ3) is 3.56. The van der Waals surface area contributed by atoms with Crippen molar-refractivity contribution in [3.05, 3.63) is 23.7 Å². The van der Waals surface area contributed by atoms with E-state index in [9.17, 15) is 18.0 Å². The highest BCUT2D eigenvalue weighted by Gasteiger charge is 2.39. The fourth-order valence-corrected chi connectivity index (χ4v) is 4.33. The molecule has 2 aliphatic heterocycles. The number of nitrogens with zero attached hydrogens (tertiary/aromatic N) is 6. The molecular formula is C20H23F3N8O. The van der Waals surface area contributed by atoms with E-state index in [1.165, 1.54) is 0 Å². The molecule has 0 radical (unpaired) electrons. The number of carbonyl (C=O) groups excluding carboxylic acids is 1. The SMILES string of the molecule is C[C@H]1C(=O)N2CCCc3nc(NC4CC(Nc5ncc(C(F)(F)F)cn5)C4)nc(c32)N1C. The summed E-state index contributed by atoms with van der Waals surface area (Å²) in [6, 6.07) is -0.104. The minimum atomic E-state index is -4.45. The molecule has 2 N–H and O–H groups in total. The molecule has 1 fully saturated rings. The standard InChI is InChI=1S/C20H23F3N8O/c1-10-17(32)31-5-3-4-14-15(31)16(30(10)2)29-19(28-14)27-13-6-12(7-13)26-18-24-8-11(9-25-18)20(21,22)23/h8-10,12-13H,3-7H2,1-2H3,(H,24,25,26)(H,27,28,29)/t10-,12?,13?/m0/s1. The van der Waals surface area contributed by atoms with E-state index in [-0.39, 0.29) is 30.0 Å². The number of aryl methyl sites for hydroxylation is 1. The van der Waals surface area contributed by atoms with Crippen molar-refractivity contribution in [2.75, 3.05) is 34.0 Å². The van der Waals surface area contributed by atoms with E-state index in [0.29, 0.717) is 12.5 Å². The van der Waals surface area contributed by atoms with Gasteiger partial charge in [0.25, 0.3) is 0 Å². The van der Waals surface area contributed by atoms with Gasteiger partial charge in [0.05, 0.1) is 11.3 Å².